The van der Waals surface area contributed by atoms with Crippen molar-refractivity contribution in [3.8, 4) is 5.75 Å². The van der Waals surface area contributed by atoms with E-state index in [1.54, 1.807) is 27.7 Å². The predicted molar refractivity (Wildman–Crippen MR) is 84.0 cm³/mol. The zero-order valence-corrected chi connectivity index (χ0v) is 14.2. The van der Waals surface area contributed by atoms with Gasteiger partial charge in [0.05, 0.1) is 0 Å². The molecule has 1 aromatic rings. The summed E-state index contributed by atoms with van der Waals surface area (Å²) < 4.78 is 45.1. The lowest BCUT2D eigenvalue weighted by Crippen LogP contribution is -2.50. The fourth-order valence-corrected chi connectivity index (χ4v) is 1.75. The minimum atomic E-state index is -4.79. The first-order valence-electron chi connectivity index (χ1n) is 7.33. The number of amides is 3. The third-order valence-corrected chi connectivity index (χ3v) is 2.61. The van der Waals surface area contributed by atoms with Crippen molar-refractivity contribution in [3.05, 3.63) is 24.3 Å². The number of nitrogens with zero attached hydrogens (tertiary/aromatic N) is 1. The third-order valence-electron chi connectivity index (χ3n) is 2.61. The number of ether oxygens (including phenoxy) is 2. The summed E-state index contributed by atoms with van der Waals surface area (Å²) in [6.45, 7) is 6.86. The van der Waals surface area contributed by atoms with E-state index in [9.17, 15) is 22.8 Å². The first-order chi connectivity index (χ1) is 11.4. The second-order valence-electron chi connectivity index (χ2n) is 5.84. The molecule has 1 rings (SSSR count). The number of anilines is 1. The van der Waals surface area contributed by atoms with Crippen LogP contribution >= 0.6 is 0 Å². The highest BCUT2D eigenvalue weighted by Crippen LogP contribution is 2.25. The van der Waals surface area contributed by atoms with Crippen molar-refractivity contribution in [1.82, 2.24) is 10.9 Å². The van der Waals surface area contributed by atoms with Crippen molar-refractivity contribution in [2.45, 2.75) is 39.7 Å². The molecule has 0 saturated carbocycles. The molecule has 140 valence electrons. The minimum Gasteiger partial charge on any atom is -0.443 e. The summed E-state index contributed by atoms with van der Waals surface area (Å²) in [7, 11) is 0. The molecule has 0 radical (unpaired) electrons. The van der Waals surface area contributed by atoms with E-state index in [0.29, 0.717) is 5.69 Å². The average Bonchev–Trinajstić information content (AvgIpc) is 2.44. The van der Waals surface area contributed by atoms with E-state index < -0.39 is 29.8 Å². The molecule has 0 spiro atoms. The van der Waals surface area contributed by atoms with E-state index in [0.717, 1.165) is 12.1 Å². The molecule has 0 aliphatic heterocycles. The number of carbonyl (C=O) groups is 2. The van der Waals surface area contributed by atoms with Gasteiger partial charge in [0, 0.05) is 12.2 Å². The van der Waals surface area contributed by atoms with Crippen LogP contribution in [0.3, 0.4) is 0 Å². The van der Waals surface area contributed by atoms with Crippen molar-refractivity contribution in [1.29, 1.82) is 0 Å². The van der Waals surface area contributed by atoms with Gasteiger partial charge in [-0.2, -0.15) is 0 Å². The summed E-state index contributed by atoms with van der Waals surface area (Å²) in [6.07, 6.45) is -5.63. The molecule has 25 heavy (non-hydrogen) atoms. The Morgan fingerprint density at radius 1 is 1.08 bits per heavy atom. The van der Waals surface area contributed by atoms with Gasteiger partial charge in [0.2, 0.25) is 0 Å². The molecule has 0 aliphatic carbocycles. The number of alkyl halides is 3. The molecule has 0 bridgehead atoms. The Balaban J connectivity index is 2.68. The Labute approximate surface area is 143 Å². The zero-order valence-electron chi connectivity index (χ0n) is 14.2. The van der Waals surface area contributed by atoms with Gasteiger partial charge in [-0.3, -0.25) is 4.90 Å². The molecule has 0 aliphatic rings. The number of hydrazine groups is 1. The topological polar surface area (TPSA) is 79.9 Å². The number of hydrogen-bond acceptors (Lipinski definition) is 4. The van der Waals surface area contributed by atoms with Crippen molar-refractivity contribution < 1.29 is 32.2 Å². The van der Waals surface area contributed by atoms with Gasteiger partial charge in [0.1, 0.15) is 11.4 Å². The van der Waals surface area contributed by atoms with Gasteiger partial charge in [0.15, 0.2) is 0 Å². The molecule has 10 heteroatoms. The first kappa shape index (κ1) is 20.4. The van der Waals surface area contributed by atoms with Gasteiger partial charge in [-0.25, -0.2) is 20.4 Å². The molecule has 1 aromatic carbocycles. The molecule has 0 heterocycles. The summed E-state index contributed by atoms with van der Waals surface area (Å²) in [5.74, 6) is -0.403. The summed E-state index contributed by atoms with van der Waals surface area (Å²) in [5, 5.41) is 0. The molecule has 0 unspecified atom stereocenters. The van der Waals surface area contributed by atoms with Crippen molar-refractivity contribution in [2.24, 2.45) is 0 Å². The van der Waals surface area contributed by atoms with E-state index in [1.165, 1.54) is 17.0 Å². The van der Waals surface area contributed by atoms with E-state index >= 15 is 0 Å². The van der Waals surface area contributed by atoms with Crippen molar-refractivity contribution >= 4 is 17.8 Å². The van der Waals surface area contributed by atoms with Crippen LogP contribution in [-0.4, -0.2) is 30.6 Å². The van der Waals surface area contributed by atoms with Crippen LogP contribution in [0.25, 0.3) is 0 Å². The molecular formula is C15H20F3N3O4. The van der Waals surface area contributed by atoms with Crippen LogP contribution in [0.5, 0.6) is 5.75 Å². The van der Waals surface area contributed by atoms with E-state index in [4.69, 9.17) is 4.74 Å². The Kier molecular flexibility index (Phi) is 6.49. The number of carbonyl (C=O) groups excluding carboxylic acids is 2. The standard InChI is InChI=1S/C15H20F3N3O4/c1-5-21(12(22)19-20-13(23)25-14(2,3)4)10-6-8-11(9-7-10)24-15(16,17)18/h6-9H,5H2,1-4H3,(H,19,22)(H,20,23). The fraction of sp³-hybridized carbons (Fsp3) is 0.467. The molecule has 0 aromatic heterocycles. The Bertz CT molecular complexity index is 598. The van der Waals surface area contributed by atoms with Crippen LogP contribution in [0.2, 0.25) is 0 Å². The highest BCUT2D eigenvalue weighted by atomic mass is 19.4. The zero-order chi connectivity index (χ0) is 19.3. The van der Waals surface area contributed by atoms with Gasteiger partial charge in [0.25, 0.3) is 0 Å². The van der Waals surface area contributed by atoms with E-state index in [2.05, 4.69) is 15.6 Å². The molecule has 2 N–H and O–H groups in total. The maximum atomic E-state index is 12.1. The molecule has 7 nitrogen and oxygen atoms in total. The monoisotopic (exact) mass is 363 g/mol. The Morgan fingerprint density at radius 2 is 1.64 bits per heavy atom. The number of nitrogens with one attached hydrogen (secondary N) is 2. The van der Waals surface area contributed by atoms with Crippen LogP contribution in [0.1, 0.15) is 27.7 Å². The summed E-state index contributed by atoms with van der Waals surface area (Å²) in [6, 6.07) is 4.06. The largest absolute Gasteiger partial charge is 0.573 e. The first-order valence-corrected chi connectivity index (χ1v) is 7.33. The van der Waals surface area contributed by atoms with Gasteiger partial charge < -0.3 is 9.47 Å². The lowest BCUT2D eigenvalue weighted by molar-refractivity contribution is -0.274. The van der Waals surface area contributed by atoms with E-state index in [-0.39, 0.29) is 6.54 Å². The lowest BCUT2D eigenvalue weighted by atomic mass is 10.2. The smallest absolute Gasteiger partial charge is 0.443 e. The van der Waals surface area contributed by atoms with Gasteiger partial charge in [-0.1, -0.05) is 0 Å². The van der Waals surface area contributed by atoms with Crippen molar-refractivity contribution in [2.75, 3.05) is 11.4 Å². The van der Waals surface area contributed by atoms with Crippen LogP contribution in [0.15, 0.2) is 24.3 Å². The van der Waals surface area contributed by atoms with Crippen LogP contribution < -0.4 is 20.5 Å². The molecule has 3 amide bonds. The van der Waals surface area contributed by atoms with Crippen molar-refractivity contribution in [3.63, 3.8) is 0 Å². The highest BCUT2D eigenvalue weighted by molar-refractivity contribution is 5.92. The van der Waals surface area contributed by atoms with E-state index in [1.807, 2.05) is 0 Å². The molecular weight excluding hydrogens is 343 g/mol. The molecule has 0 atom stereocenters. The highest BCUT2D eigenvalue weighted by Gasteiger charge is 2.31. The second-order valence-corrected chi connectivity index (χ2v) is 5.84. The minimum absolute atomic E-state index is 0.210. The number of hydrogen-bond donors (Lipinski definition) is 2. The van der Waals surface area contributed by atoms with Gasteiger partial charge in [-0.05, 0) is 52.0 Å². The van der Waals surface area contributed by atoms with Gasteiger partial charge in [-0.15, -0.1) is 13.2 Å². The van der Waals surface area contributed by atoms with Crippen LogP contribution in [-0.2, 0) is 4.74 Å². The number of benzene rings is 1. The summed E-state index contributed by atoms with van der Waals surface area (Å²) in [4.78, 5) is 24.8. The SMILES string of the molecule is CCN(C(=O)NNC(=O)OC(C)(C)C)c1ccc(OC(F)(F)F)cc1. The maximum absolute atomic E-state index is 12.1. The number of rotatable bonds is 3. The number of halogens is 3. The van der Waals surface area contributed by atoms with Crippen LogP contribution in [0.4, 0.5) is 28.4 Å². The Hall–Kier alpha value is -2.65. The quantitative estimate of drug-likeness (QED) is 0.805. The molecule has 0 saturated heterocycles. The average molecular weight is 363 g/mol. The third kappa shape index (κ3) is 7.64. The second kappa shape index (κ2) is 7.95. The Morgan fingerprint density at radius 3 is 2.08 bits per heavy atom. The summed E-state index contributed by atoms with van der Waals surface area (Å²) in [5.41, 5.74) is 3.84. The fourth-order valence-electron chi connectivity index (χ4n) is 1.75. The summed E-state index contributed by atoms with van der Waals surface area (Å²) >= 11 is 0. The molecule has 0 fully saturated rings. The predicted octanol–water partition coefficient (Wildman–Crippen LogP) is 3.56. The normalized spacial score (nSPS) is 11.5. The number of urea groups is 1. The van der Waals surface area contributed by atoms with Crippen LogP contribution in [0, 0.1) is 0 Å². The van der Waals surface area contributed by atoms with Gasteiger partial charge >= 0.3 is 18.5 Å². The maximum Gasteiger partial charge on any atom is 0.573 e. The lowest BCUT2D eigenvalue weighted by Gasteiger charge is -2.23.